The fourth-order valence-corrected chi connectivity index (χ4v) is 3.47. The van der Waals surface area contributed by atoms with E-state index < -0.39 is 11.9 Å². The standard InChI is InChI=1S/C21H25F3N4O2/c1-2-3-11-25-19(29)16-5-4-12-27(14-16)20(30)15-6-8-17(9-7-15)28-13-10-18(26-28)21(22,23)24/h6-10,13,16H,2-5,11-12,14H2,1H3,(H,25,29)/t16-/m1/s1. The number of nitrogens with zero attached hydrogens (tertiary/aromatic N) is 3. The van der Waals surface area contributed by atoms with Crippen LogP contribution in [0.3, 0.4) is 0 Å². The number of alkyl halides is 3. The average Bonchev–Trinajstić information content (AvgIpc) is 3.24. The lowest BCUT2D eigenvalue weighted by atomic mass is 9.96. The third-order valence-electron chi connectivity index (χ3n) is 5.17. The van der Waals surface area contributed by atoms with E-state index in [1.807, 2.05) is 0 Å². The van der Waals surface area contributed by atoms with Gasteiger partial charge in [0.15, 0.2) is 5.69 Å². The van der Waals surface area contributed by atoms with Crippen LogP contribution < -0.4 is 5.32 Å². The Balaban J connectivity index is 1.64. The fourth-order valence-electron chi connectivity index (χ4n) is 3.47. The van der Waals surface area contributed by atoms with E-state index >= 15 is 0 Å². The minimum atomic E-state index is -4.51. The largest absolute Gasteiger partial charge is 0.435 e. The van der Waals surface area contributed by atoms with Gasteiger partial charge in [-0.05, 0) is 49.6 Å². The Kier molecular flexibility index (Phi) is 6.79. The molecule has 1 aromatic heterocycles. The lowest BCUT2D eigenvalue weighted by molar-refractivity contribution is -0.141. The number of hydrogen-bond acceptors (Lipinski definition) is 3. The number of halogens is 3. The normalized spacial score (nSPS) is 17.1. The topological polar surface area (TPSA) is 67.2 Å². The molecule has 6 nitrogen and oxygen atoms in total. The maximum absolute atomic E-state index is 12.8. The molecule has 2 heterocycles. The highest BCUT2D eigenvalue weighted by atomic mass is 19.4. The van der Waals surface area contributed by atoms with Crippen molar-refractivity contribution in [2.45, 2.75) is 38.8 Å². The lowest BCUT2D eigenvalue weighted by Crippen LogP contribution is -2.45. The van der Waals surface area contributed by atoms with E-state index in [0.717, 1.165) is 36.4 Å². The van der Waals surface area contributed by atoms with Gasteiger partial charge in [0.05, 0.1) is 11.6 Å². The van der Waals surface area contributed by atoms with Gasteiger partial charge in [0.1, 0.15) is 0 Å². The van der Waals surface area contributed by atoms with E-state index in [-0.39, 0.29) is 17.7 Å². The summed E-state index contributed by atoms with van der Waals surface area (Å²) < 4.78 is 39.3. The molecule has 1 aliphatic rings. The highest BCUT2D eigenvalue weighted by molar-refractivity contribution is 5.95. The molecule has 1 atom stereocenters. The number of aromatic nitrogens is 2. The molecule has 0 radical (unpaired) electrons. The molecule has 30 heavy (non-hydrogen) atoms. The van der Waals surface area contributed by atoms with Gasteiger partial charge in [-0.3, -0.25) is 9.59 Å². The zero-order valence-corrected chi connectivity index (χ0v) is 16.8. The Morgan fingerprint density at radius 2 is 1.93 bits per heavy atom. The van der Waals surface area contributed by atoms with Gasteiger partial charge in [-0.2, -0.15) is 18.3 Å². The van der Waals surface area contributed by atoms with Crippen LogP contribution in [0.1, 0.15) is 48.7 Å². The van der Waals surface area contributed by atoms with Crippen LogP contribution in [0.15, 0.2) is 36.5 Å². The Morgan fingerprint density at radius 3 is 2.57 bits per heavy atom. The Bertz CT molecular complexity index is 877. The van der Waals surface area contributed by atoms with E-state index in [4.69, 9.17) is 0 Å². The number of likely N-dealkylation sites (tertiary alicyclic amines) is 1. The lowest BCUT2D eigenvalue weighted by Gasteiger charge is -2.32. The maximum atomic E-state index is 12.8. The van der Waals surface area contributed by atoms with Crippen molar-refractivity contribution in [2.75, 3.05) is 19.6 Å². The predicted molar refractivity (Wildman–Crippen MR) is 105 cm³/mol. The first kappa shape index (κ1) is 21.9. The third kappa shape index (κ3) is 5.20. The van der Waals surface area contributed by atoms with E-state index in [0.29, 0.717) is 30.9 Å². The van der Waals surface area contributed by atoms with E-state index in [2.05, 4.69) is 17.3 Å². The quantitative estimate of drug-likeness (QED) is 0.723. The van der Waals surface area contributed by atoms with Crippen molar-refractivity contribution in [1.82, 2.24) is 20.0 Å². The minimum Gasteiger partial charge on any atom is -0.356 e. The molecule has 9 heteroatoms. The van der Waals surface area contributed by atoms with E-state index in [9.17, 15) is 22.8 Å². The molecule has 162 valence electrons. The Morgan fingerprint density at radius 1 is 1.20 bits per heavy atom. The molecule has 2 amide bonds. The van der Waals surface area contributed by atoms with Crippen molar-refractivity contribution < 1.29 is 22.8 Å². The number of hydrogen-bond donors (Lipinski definition) is 1. The van der Waals surface area contributed by atoms with Gasteiger partial charge in [0.2, 0.25) is 5.91 Å². The molecule has 0 spiro atoms. The minimum absolute atomic E-state index is 0.0181. The van der Waals surface area contributed by atoms with E-state index in [1.54, 1.807) is 29.2 Å². The van der Waals surface area contributed by atoms with Crippen LogP contribution in [0.5, 0.6) is 0 Å². The second kappa shape index (κ2) is 9.32. The smallest absolute Gasteiger partial charge is 0.356 e. The molecular formula is C21H25F3N4O2. The molecule has 0 saturated carbocycles. The number of unbranched alkanes of at least 4 members (excludes halogenated alkanes) is 1. The number of carbonyl (C=O) groups is 2. The molecule has 2 aromatic rings. The summed E-state index contributed by atoms with van der Waals surface area (Å²) in [5, 5.41) is 6.45. The highest BCUT2D eigenvalue weighted by Crippen LogP contribution is 2.28. The van der Waals surface area contributed by atoms with Crippen molar-refractivity contribution in [3.8, 4) is 5.69 Å². The Labute approximate surface area is 173 Å². The van der Waals surface area contributed by atoms with Gasteiger partial charge in [0.25, 0.3) is 5.91 Å². The zero-order valence-electron chi connectivity index (χ0n) is 16.8. The predicted octanol–water partition coefficient (Wildman–Crippen LogP) is 3.66. The monoisotopic (exact) mass is 422 g/mol. The highest BCUT2D eigenvalue weighted by Gasteiger charge is 2.33. The zero-order chi connectivity index (χ0) is 21.7. The number of nitrogens with one attached hydrogen (secondary N) is 1. The third-order valence-corrected chi connectivity index (χ3v) is 5.17. The molecule has 3 rings (SSSR count). The van der Waals surface area contributed by atoms with Crippen LogP contribution in [0, 0.1) is 5.92 Å². The molecular weight excluding hydrogens is 397 g/mol. The van der Waals surface area contributed by atoms with Gasteiger partial charge in [-0.15, -0.1) is 0 Å². The van der Waals surface area contributed by atoms with Crippen LogP contribution in [0.4, 0.5) is 13.2 Å². The van der Waals surface area contributed by atoms with Gasteiger partial charge in [-0.25, -0.2) is 4.68 Å². The van der Waals surface area contributed by atoms with Crippen molar-refractivity contribution in [2.24, 2.45) is 5.92 Å². The number of carbonyl (C=O) groups excluding carboxylic acids is 2. The van der Waals surface area contributed by atoms with Gasteiger partial charge >= 0.3 is 6.18 Å². The first-order valence-corrected chi connectivity index (χ1v) is 10.1. The number of piperidine rings is 1. The maximum Gasteiger partial charge on any atom is 0.435 e. The molecule has 1 saturated heterocycles. The summed E-state index contributed by atoms with van der Waals surface area (Å²) in [5.41, 5.74) is -0.123. The summed E-state index contributed by atoms with van der Waals surface area (Å²) in [6.45, 7) is 3.64. The molecule has 1 aliphatic heterocycles. The summed E-state index contributed by atoms with van der Waals surface area (Å²) in [6, 6.07) is 7.14. The molecule has 0 bridgehead atoms. The molecule has 0 unspecified atom stereocenters. The average molecular weight is 422 g/mol. The van der Waals surface area contributed by atoms with Gasteiger partial charge in [0, 0.05) is 31.4 Å². The summed E-state index contributed by atoms with van der Waals surface area (Å²) in [4.78, 5) is 26.8. The summed E-state index contributed by atoms with van der Waals surface area (Å²) in [7, 11) is 0. The van der Waals surface area contributed by atoms with Crippen LogP contribution in [0.2, 0.25) is 0 Å². The summed E-state index contributed by atoms with van der Waals surface area (Å²) in [5.74, 6) is -0.428. The second-order valence-electron chi connectivity index (χ2n) is 7.43. The number of rotatable bonds is 6. The van der Waals surface area contributed by atoms with Gasteiger partial charge < -0.3 is 10.2 Å². The molecule has 0 aliphatic carbocycles. The first-order chi connectivity index (χ1) is 14.3. The number of amides is 2. The molecule has 1 aromatic carbocycles. The van der Waals surface area contributed by atoms with Crippen molar-refractivity contribution >= 4 is 11.8 Å². The van der Waals surface area contributed by atoms with Crippen molar-refractivity contribution in [3.63, 3.8) is 0 Å². The van der Waals surface area contributed by atoms with Gasteiger partial charge in [-0.1, -0.05) is 13.3 Å². The van der Waals surface area contributed by atoms with Crippen molar-refractivity contribution in [1.29, 1.82) is 0 Å². The Hall–Kier alpha value is -2.84. The van der Waals surface area contributed by atoms with E-state index in [1.165, 1.54) is 6.20 Å². The van der Waals surface area contributed by atoms with Crippen LogP contribution in [-0.4, -0.2) is 46.1 Å². The first-order valence-electron chi connectivity index (χ1n) is 10.1. The summed E-state index contributed by atoms with van der Waals surface area (Å²) >= 11 is 0. The molecule has 1 fully saturated rings. The number of benzene rings is 1. The van der Waals surface area contributed by atoms with Crippen LogP contribution in [-0.2, 0) is 11.0 Å². The fraction of sp³-hybridized carbons (Fsp3) is 0.476. The molecule has 1 N–H and O–H groups in total. The summed E-state index contributed by atoms with van der Waals surface area (Å²) in [6.07, 6.45) is 0.154. The van der Waals surface area contributed by atoms with Crippen LogP contribution >= 0.6 is 0 Å². The van der Waals surface area contributed by atoms with Crippen molar-refractivity contribution in [3.05, 3.63) is 47.8 Å². The second-order valence-corrected chi connectivity index (χ2v) is 7.43. The SMILES string of the molecule is CCCCNC(=O)[C@@H]1CCCN(C(=O)c2ccc(-n3ccc(C(F)(F)F)n3)cc2)C1. The van der Waals surface area contributed by atoms with Crippen LogP contribution in [0.25, 0.3) is 5.69 Å².